The minimum atomic E-state index is -2.92. The molecule has 0 atom stereocenters. The van der Waals surface area contributed by atoms with Crippen LogP contribution in [0.1, 0.15) is 0 Å². The summed E-state index contributed by atoms with van der Waals surface area (Å²) in [6.07, 6.45) is 0. The second kappa shape index (κ2) is 25.7. The molecule has 0 radical (unpaired) electrons. The van der Waals surface area contributed by atoms with Gasteiger partial charge in [-0.2, -0.15) is 0 Å². The van der Waals surface area contributed by atoms with Crippen LogP contribution in [0.5, 0.6) is 0 Å². The molecule has 0 amide bonds. The zero-order valence-corrected chi connectivity index (χ0v) is 18.1. The van der Waals surface area contributed by atoms with E-state index in [1.165, 1.54) is 0 Å². The predicted molar refractivity (Wildman–Crippen MR) is 38.0 cm³/mol. The summed E-state index contributed by atoms with van der Waals surface area (Å²) in [4.78, 5) is 0. The van der Waals surface area contributed by atoms with Crippen LogP contribution in [-0.2, 0) is 58.4 Å². The summed E-state index contributed by atoms with van der Waals surface area (Å²) < 4.78 is 0. The van der Waals surface area contributed by atoms with Gasteiger partial charge in [0.05, 0.1) is 0 Å². The summed E-state index contributed by atoms with van der Waals surface area (Å²) in [7, 11) is -5.83. The molecule has 0 aliphatic carbocycles. The SMILES string of the molecule is [O-]B([O-])[O-].[O-]B([O-])[O-].[Zn+2].[Zn+2].[Zn+2].c1ccccc1. The number of hydrogen-bond donors (Lipinski definition) is 0. The fraction of sp³-hybridized carbons (Fsp3) is 0. The van der Waals surface area contributed by atoms with Gasteiger partial charge >= 0.3 is 58.4 Å². The first-order chi connectivity index (χ1) is 6.46. The molecular formula is C6H6B2O6Zn3. The molecule has 0 aliphatic heterocycles. The van der Waals surface area contributed by atoms with Gasteiger partial charge in [-0.15, -0.1) is 0 Å². The molecule has 0 saturated heterocycles. The Morgan fingerprint density at radius 1 is 0.412 bits per heavy atom. The molecule has 0 N–H and O–H groups in total. The third kappa shape index (κ3) is 78.2. The van der Waals surface area contributed by atoms with Crippen LogP contribution < -0.4 is 30.1 Å². The van der Waals surface area contributed by atoms with Crippen molar-refractivity contribution in [3.63, 3.8) is 0 Å². The Kier molecular flexibility index (Phi) is 46.6. The van der Waals surface area contributed by atoms with Crippen molar-refractivity contribution in [2.75, 3.05) is 0 Å². The van der Waals surface area contributed by atoms with E-state index in [-0.39, 0.29) is 58.4 Å². The van der Waals surface area contributed by atoms with Crippen molar-refractivity contribution in [3.05, 3.63) is 36.4 Å². The monoisotopic (exact) mass is 388 g/mol. The van der Waals surface area contributed by atoms with Gasteiger partial charge in [-0.05, 0) is 0 Å². The number of hydrogen-bond acceptors (Lipinski definition) is 6. The third-order valence-corrected chi connectivity index (χ3v) is 0.667. The van der Waals surface area contributed by atoms with E-state index in [1.807, 2.05) is 36.4 Å². The first-order valence-corrected chi connectivity index (χ1v) is 3.41. The maximum absolute atomic E-state index is 8.42. The molecule has 0 aromatic heterocycles. The fourth-order valence-electron chi connectivity index (χ4n) is 0.385. The van der Waals surface area contributed by atoms with Gasteiger partial charge in [0.15, 0.2) is 0 Å². The Morgan fingerprint density at radius 3 is 0.529 bits per heavy atom. The second-order valence-electron chi connectivity index (χ2n) is 1.73. The van der Waals surface area contributed by atoms with Crippen LogP contribution in [-0.4, -0.2) is 14.6 Å². The number of benzene rings is 1. The van der Waals surface area contributed by atoms with E-state index in [0.29, 0.717) is 0 Å². The van der Waals surface area contributed by atoms with Gasteiger partial charge in [-0.1, -0.05) is 36.4 Å². The molecule has 0 aliphatic rings. The maximum Gasteiger partial charge on any atom is 2.00 e. The van der Waals surface area contributed by atoms with Gasteiger partial charge in [0.25, 0.3) is 0 Å². The van der Waals surface area contributed by atoms with Crippen LogP contribution >= 0.6 is 0 Å². The van der Waals surface area contributed by atoms with Crippen molar-refractivity contribution in [2.45, 2.75) is 0 Å². The minimum Gasteiger partial charge on any atom is -0.907 e. The standard InChI is InChI=1S/C6H6.2BO3.3Zn/c1-2-4-6-5-3-1;2*2-1(3)4;;;/h1-6H;;;;;/q;2*-3;3*+2. The predicted octanol–water partition coefficient (Wildman–Crippen LogP) is -6.22. The molecule has 0 unspecified atom stereocenters. The van der Waals surface area contributed by atoms with Crippen LogP contribution in [0.25, 0.3) is 0 Å². The van der Waals surface area contributed by atoms with Crippen LogP contribution in [0, 0.1) is 0 Å². The van der Waals surface area contributed by atoms with E-state index >= 15 is 0 Å². The Labute approximate surface area is 139 Å². The molecule has 78 valence electrons. The molecule has 0 bridgehead atoms. The van der Waals surface area contributed by atoms with Crippen molar-refractivity contribution in [2.24, 2.45) is 0 Å². The average molecular weight is 392 g/mol. The van der Waals surface area contributed by atoms with Crippen molar-refractivity contribution >= 4 is 14.6 Å². The molecule has 0 fully saturated rings. The van der Waals surface area contributed by atoms with Crippen LogP contribution in [0.3, 0.4) is 0 Å². The van der Waals surface area contributed by atoms with Crippen molar-refractivity contribution < 1.29 is 88.6 Å². The van der Waals surface area contributed by atoms with Gasteiger partial charge in [-0.25, -0.2) is 0 Å². The topological polar surface area (TPSA) is 138 Å². The van der Waals surface area contributed by atoms with Gasteiger partial charge in [0.1, 0.15) is 0 Å². The molecular weight excluding hydrogens is 386 g/mol. The summed E-state index contributed by atoms with van der Waals surface area (Å²) >= 11 is 0. The first kappa shape index (κ1) is 30.8. The van der Waals surface area contributed by atoms with E-state index in [1.54, 1.807) is 0 Å². The molecule has 1 aromatic rings. The van der Waals surface area contributed by atoms with Gasteiger partial charge in [-0.3, -0.25) is 14.6 Å². The molecule has 1 rings (SSSR count). The van der Waals surface area contributed by atoms with Crippen molar-refractivity contribution in [3.8, 4) is 0 Å². The van der Waals surface area contributed by atoms with Crippen LogP contribution in [0.2, 0.25) is 0 Å². The molecule has 17 heavy (non-hydrogen) atoms. The smallest absolute Gasteiger partial charge is 0.907 e. The normalized spacial score (nSPS) is 6.00. The van der Waals surface area contributed by atoms with Crippen LogP contribution in [0.4, 0.5) is 0 Å². The molecule has 6 nitrogen and oxygen atoms in total. The Hall–Kier alpha value is 0.980. The van der Waals surface area contributed by atoms with Crippen LogP contribution in [0.15, 0.2) is 36.4 Å². The zero-order valence-electron chi connectivity index (χ0n) is 9.19. The van der Waals surface area contributed by atoms with Crippen molar-refractivity contribution in [1.82, 2.24) is 0 Å². The quantitative estimate of drug-likeness (QED) is 0.403. The Balaban J connectivity index is -0.0000000403. The summed E-state index contributed by atoms with van der Waals surface area (Å²) in [5.41, 5.74) is 0. The molecule has 0 saturated carbocycles. The fourth-order valence-corrected chi connectivity index (χ4v) is 0.385. The van der Waals surface area contributed by atoms with E-state index in [9.17, 15) is 0 Å². The first-order valence-electron chi connectivity index (χ1n) is 3.41. The summed E-state index contributed by atoms with van der Waals surface area (Å²) in [5.74, 6) is 0. The Bertz CT molecular complexity index is 156. The summed E-state index contributed by atoms with van der Waals surface area (Å²) in [5, 5.41) is 50.5. The van der Waals surface area contributed by atoms with Crippen molar-refractivity contribution in [1.29, 1.82) is 0 Å². The van der Waals surface area contributed by atoms with Gasteiger partial charge in [0, 0.05) is 0 Å². The van der Waals surface area contributed by atoms with E-state index in [4.69, 9.17) is 30.1 Å². The van der Waals surface area contributed by atoms with E-state index in [2.05, 4.69) is 0 Å². The summed E-state index contributed by atoms with van der Waals surface area (Å²) in [6, 6.07) is 12.0. The summed E-state index contributed by atoms with van der Waals surface area (Å²) in [6.45, 7) is 0. The Morgan fingerprint density at radius 2 is 0.471 bits per heavy atom. The molecule has 1 aromatic carbocycles. The minimum absolute atomic E-state index is 0. The second-order valence-corrected chi connectivity index (χ2v) is 1.73. The average Bonchev–Trinajstić information content (AvgIpc) is 2.05. The molecule has 0 spiro atoms. The van der Waals surface area contributed by atoms with Gasteiger partial charge < -0.3 is 30.1 Å². The third-order valence-electron chi connectivity index (χ3n) is 0.667. The molecule has 0 heterocycles. The zero-order chi connectivity index (χ0) is 11.4. The van der Waals surface area contributed by atoms with E-state index in [0.717, 1.165) is 0 Å². The number of rotatable bonds is 0. The van der Waals surface area contributed by atoms with Gasteiger partial charge in [0.2, 0.25) is 0 Å². The largest absolute Gasteiger partial charge is 2.00 e. The van der Waals surface area contributed by atoms with E-state index < -0.39 is 14.6 Å². The molecule has 11 heteroatoms. The maximum atomic E-state index is 8.42.